The van der Waals surface area contributed by atoms with Gasteiger partial charge in [-0.05, 0) is 82.7 Å². The largest absolute Gasteiger partial charge is 0.371 e. The van der Waals surface area contributed by atoms with Gasteiger partial charge in [0.25, 0.3) is 15.9 Å². The van der Waals surface area contributed by atoms with Crippen molar-refractivity contribution in [3.05, 3.63) is 52.6 Å². The number of carbonyl (C=O) groups excluding carboxylic acids is 1. The summed E-state index contributed by atoms with van der Waals surface area (Å²) in [7, 11) is -3.80. The fourth-order valence-corrected chi connectivity index (χ4v) is 5.95. The number of carbonyl (C=O) groups is 1. The minimum Gasteiger partial charge on any atom is -0.371 e. The van der Waals surface area contributed by atoms with Crippen molar-refractivity contribution in [1.82, 2.24) is 5.32 Å². The maximum atomic E-state index is 13.2. The Morgan fingerprint density at radius 1 is 1.03 bits per heavy atom. The fraction of sp³-hybridized carbons (Fsp3) is 0.480. The molecular weight excluding hydrogens is 422 g/mol. The van der Waals surface area contributed by atoms with Crippen LogP contribution < -0.4 is 14.9 Å². The van der Waals surface area contributed by atoms with E-state index in [-0.39, 0.29) is 16.8 Å². The Morgan fingerprint density at radius 3 is 2.19 bits per heavy atom. The summed E-state index contributed by atoms with van der Waals surface area (Å²) in [5.41, 5.74) is 4.14. The van der Waals surface area contributed by atoms with Gasteiger partial charge in [0.05, 0.1) is 10.5 Å². The van der Waals surface area contributed by atoms with E-state index in [2.05, 4.69) is 21.9 Å². The highest BCUT2D eigenvalue weighted by Crippen LogP contribution is 2.30. The Bertz CT molecular complexity index is 1080. The lowest BCUT2D eigenvalue weighted by atomic mass is 9.98. The van der Waals surface area contributed by atoms with Gasteiger partial charge in [0.1, 0.15) is 0 Å². The molecule has 2 aromatic carbocycles. The summed E-state index contributed by atoms with van der Waals surface area (Å²) in [6.45, 7) is 13.4. The maximum absolute atomic E-state index is 13.2. The lowest BCUT2D eigenvalue weighted by Crippen LogP contribution is -2.36. The molecule has 0 atom stereocenters. The quantitative estimate of drug-likeness (QED) is 0.654. The zero-order chi connectivity index (χ0) is 23.6. The predicted octanol–water partition coefficient (Wildman–Crippen LogP) is 4.79. The molecule has 1 amide bonds. The summed E-state index contributed by atoms with van der Waals surface area (Å²) in [5, 5.41) is 2.95. The van der Waals surface area contributed by atoms with Crippen LogP contribution in [0.4, 0.5) is 11.4 Å². The van der Waals surface area contributed by atoms with Crippen molar-refractivity contribution in [3.8, 4) is 0 Å². The van der Waals surface area contributed by atoms with Gasteiger partial charge in [-0.3, -0.25) is 9.52 Å². The second-order valence-electron chi connectivity index (χ2n) is 9.36. The van der Waals surface area contributed by atoms with E-state index < -0.39 is 10.0 Å². The van der Waals surface area contributed by atoms with Crippen LogP contribution in [0, 0.1) is 26.7 Å². The van der Waals surface area contributed by atoms with E-state index in [9.17, 15) is 13.2 Å². The van der Waals surface area contributed by atoms with Crippen LogP contribution in [0.1, 0.15) is 60.7 Å². The van der Waals surface area contributed by atoms with Crippen molar-refractivity contribution in [2.45, 2.75) is 65.3 Å². The van der Waals surface area contributed by atoms with Gasteiger partial charge in [-0.1, -0.05) is 24.6 Å². The third kappa shape index (κ3) is 5.44. The maximum Gasteiger partial charge on any atom is 0.262 e. The van der Waals surface area contributed by atoms with E-state index in [1.165, 1.54) is 0 Å². The second kappa shape index (κ2) is 9.53. The second-order valence-corrected chi connectivity index (χ2v) is 11.0. The van der Waals surface area contributed by atoms with E-state index in [0.717, 1.165) is 37.2 Å². The first-order chi connectivity index (χ1) is 15.0. The molecule has 174 valence electrons. The molecule has 0 bridgehead atoms. The highest BCUT2D eigenvalue weighted by atomic mass is 32.2. The first kappa shape index (κ1) is 24.1. The summed E-state index contributed by atoms with van der Waals surface area (Å²) >= 11 is 0. The van der Waals surface area contributed by atoms with Crippen molar-refractivity contribution < 1.29 is 13.2 Å². The number of hydrogen-bond acceptors (Lipinski definition) is 4. The molecule has 32 heavy (non-hydrogen) atoms. The number of benzene rings is 2. The molecule has 1 aliphatic rings. The molecule has 1 aliphatic heterocycles. The number of anilines is 2. The van der Waals surface area contributed by atoms with Crippen LogP contribution in [0.5, 0.6) is 0 Å². The summed E-state index contributed by atoms with van der Waals surface area (Å²) < 4.78 is 29.1. The number of hydrogen-bond donors (Lipinski definition) is 2. The lowest BCUT2D eigenvalue weighted by Gasteiger charge is -2.33. The van der Waals surface area contributed by atoms with Crippen LogP contribution in [-0.4, -0.2) is 33.5 Å². The Kier molecular flexibility index (Phi) is 7.18. The zero-order valence-corrected chi connectivity index (χ0v) is 20.8. The minimum absolute atomic E-state index is 0.0186. The van der Waals surface area contributed by atoms with Crippen LogP contribution in [-0.2, 0) is 10.0 Å². The molecule has 1 heterocycles. The van der Waals surface area contributed by atoms with Crippen LogP contribution in [0.15, 0.2) is 35.2 Å². The molecule has 0 spiro atoms. The molecule has 3 rings (SSSR count). The number of nitrogens with one attached hydrogen (secondary N) is 2. The van der Waals surface area contributed by atoms with Gasteiger partial charge >= 0.3 is 0 Å². The summed E-state index contributed by atoms with van der Waals surface area (Å²) in [4.78, 5) is 15.5. The molecule has 0 radical (unpaired) electrons. The van der Waals surface area contributed by atoms with Crippen molar-refractivity contribution in [2.24, 2.45) is 5.92 Å². The monoisotopic (exact) mass is 457 g/mol. The van der Waals surface area contributed by atoms with Crippen molar-refractivity contribution in [3.63, 3.8) is 0 Å². The Balaban J connectivity index is 1.98. The zero-order valence-electron chi connectivity index (χ0n) is 20.0. The smallest absolute Gasteiger partial charge is 0.262 e. The van der Waals surface area contributed by atoms with Crippen LogP contribution in [0.3, 0.4) is 0 Å². The molecule has 2 N–H and O–H groups in total. The van der Waals surface area contributed by atoms with Gasteiger partial charge < -0.3 is 10.2 Å². The Hall–Kier alpha value is -2.54. The third-order valence-electron chi connectivity index (χ3n) is 5.91. The van der Waals surface area contributed by atoms with Gasteiger partial charge in [0.15, 0.2) is 0 Å². The molecule has 1 saturated heterocycles. The van der Waals surface area contributed by atoms with Crippen molar-refractivity contribution >= 4 is 27.3 Å². The van der Waals surface area contributed by atoms with Gasteiger partial charge in [0.2, 0.25) is 0 Å². The number of amides is 1. The molecule has 0 aliphatic carbocycles. The van der Waals surface area contributed by atoms with Gasteiger partial charge in [-0.25, -0.2) is 8.42 Å². The van der Waals surface area contributed by atoms with E-state index in [1.54, 1.807) is 26.0 Å². The molecule has 6 nitrogen and oxygen atoms in total. The number of nitrogens with zero attached hydrogens (tertiary/aromatic N) is 1. The lowest BCUT2D eigenvalue weighted by molar-refractivity contribution is 0.0943. The molecule has 0 saturated carbocycles. The van der Waals surface area contributed by atoms with E-state index in [4.69, 9.17) is 0 Å². The van der Waals surface area contributed by atoms with Crippen LogP contribution >= 0.6 is 0 Å². The molecule has 0 aromatic heterocycles. The summed E-state index contributed by atoms with van der Waals surface area (Å²) in [5.74, 6) is 0.476. The number of sulfonamides is 1. The minimum atomic E-state index is -3.80. The third-order valence-corrected chi connectivity index (χ3v) is 7.60. The van der Waals surface area contributed by atoms with Crippen LogP contribution in [0.25, 0.3) is 0 Å². The number of rotatable bonds is 6. The summed E-state index contributed by atoms with van der Waals surface area (Å²) in [6.07, 6.45) is 2.15. The highest BCUT2D eigenvalue weighted by molar-refractivity contribution is 7.92. The molecular formula is C25H35N3O3S. The normalized spacial score (nSPS) is 15.2. The predicted molar refractivity (Wildman–Crippen MR) is 131 cm³/mol. The van der Waals surface area contributed by atoms with Crippen molar-refractivity contribution in [2.75, 3.05) is 22.7 Å². The van der Waals surface area contributed by atoms with E-state index >= 15 is 0 Å². The Labute approximate surface area is 192 Å². The molecule has 0 unspecified atom stereocenters. The molecule has 2 aromatic rings. The SMILES string of the molecule is Cc1cc(C)c(S(=O)(=O)Nc2ccc(N3CCC(C)CC3)c(C(=O)NC(C)C)c2)c(C)c1. The summed E-state index contributed by atoms with van der Waals surface area (Å²) in [6, 6.07) is 8.97. The fourth-order valence-electron chi connectivity index (χ4n) is 4.44. The van der Waals surface area contributed by atoms with Crippen molar-refractivity contribution in [1.29, 1.82) is 0 Å². The standard InChI is InChI=1S/C25H35N3O3S/c1-16(2)26-25(29)22-15-21(7-8-23(22)28-11-9-17(3)10-12-28)27-32(30,31)24-19(5)13-18(4)14-20(24)6/h7-8,13-17,27H,9-12H2,1-6H3,(H,26,29). The molecule has 7 heteroatoms. The Morgan fingerprint density at radius 2 is 1.62 bits per heavy atom. The van der Waals surface area contributed by atoms with E-state index in [0.29, 0.717) is 28.3 Å². The van der Waals surface area contributed by atoms with Gasteiger partial charge in [-0.15, -0.1) is 0 Å². The average Bonchev–Trinajstić information content (AvgIpc) is 2.66. The van der Waals surface area contributed by atoms with Gasteiger partial charge in [-0.2, -0.15) is 0 Å². The molecule has 1 fully saturated rings. The highest BCUT2D eigenvalue weighted by Gasteiger charge is 2.24. The van der Waals surface area contributed by atoms with E-state index in [1.807, 2.05) is 39.0 Å². The number of aryl methyl sites for hydroxylation is 3. The number of piperidine rings is 1. The topological polar surface area (TPSA) is 78.5 Å². The first-order valence-electron chi connectivity index (χ1n) is 11.3. The first-order valence-corrected chi connectivity index (χ1v) is 12.8. The van der Waals surface area contributed by atoms with Gasteiger partial charge in [0, 0.05) is 30.5 Å². The average molecular weight is 458 g/mol. The van der Waals surface area contributed by atoms with Crippen LogP contribution in [0.2, 0.25) is 0 Å².